The molecule has 0 fully saturated rings. The van der Waals surface area contributed by atoms with Gasteiger partial charge in [-0.25, -0.2) is 0 Å². The number of methoxy groups -OCH3 is 1. The fraction of sp³-hybridized carbons (Fsp3) is 0.900. The van der Waals surface area contributed by atoms with Gasteiger partial charge in [0.2, 0.25) is 0 Å². The smallest absolute Gasteiger partial charge is 0.103 e. The number of nitrogens with zero attached hydrogens (tertiary/aromatic N) is 1. The Morgan fingerprint density at radius 3 is 2.71 bits per heavy atom. The van der Waals surface area contributed by atoms with E-state index in [4.69, 9.17) is 10.00 Å². The Morgan fingerprint density at radius 2 is 2.21 bits per heavy atom. The van der Waals surface area contributed by atoms with Gasteiger partial charge in [0, 0.05) is 12.9 Å². The minimum atomic E-state index is -0.359. The fourth-order valence-electron chi connectivity index (χ4n) is 1.01. The van der Waals surface area contributed by atoms with Crippen molar-refractivity contribution in [2.24, 2.45) is 0 Å². The van der Waals surface area contributed by atoms with Crippen molar-refractivity contribution in [2.45, 2.75) is 25.3 Å². The molecular weight excluding hydrogens is 196 g/mol. The molecule has 0 aromatic carbocycles. The summed E-state index contributed by atoms with van der Waals surface area (Å²) in [6.07, 6.45) is 1.97. The van der Waals surface area contributed by atoms with Gasteiger partial charge in [-0.2, -0.15) is 17.0 Å². The second-order valence-electron chi connectivity index (χ2n) is 3.40. The Balaban J connectivity index is 3.40. The van der Waals surface area contributed by atoms with Crippen LogP contribution in [-0.2, 0) is 4.74 Å². The van der Waals surface area contributed by atoms with Gasteiger partial charge in [0.05, 0.1) is 12.7 Å². The third-order valence-corrected chi connectivity index (χ3v) is 3.23. The molecule has 0 radical (unpaired) electrons. The van der Waals surface area contributed by atoms with Crippen LogP contribution in [-0.4, -0.2) is 37.8 Å². The van der Waals surface area contributed by atoms with Crippen molar-refractivity contribution in [1.82, 2.24) is 5.32 Å². The van der Waals surface area contributed by atoms with Gasteiger partial charge >= 0.3 is 0 Å². The van der Waals surface area contributed by atoms with Gasteiger partial charge in [0.15, 0.2) is 0 Å². The Morgan fingerprint density at radius 1 is 1.50 bits per heavy atom. The number of nitriles is 1. The van der Waals surface area contributed by atoms with E-state index in [0.29, 0.717) is 0 Å². The summed E-state index contributed by atoms with van der Waals surface area (Å²) in [5, 5.41) is 11.9. The van der Waals surface area contributed by atoms with Crippen LogP contribution < -0.4 is 5.32 Å². The number of hydrogen-bond acceptors (Lipinski definition) is 4. The van der Waals surface area contributed by atoms with E-state index in [1.54, 1.807) is 7.11 Å². The SMILES string of the molecule is CNC(C)(C#N)CCCSCCOC. The first kappa shape index (κ1) is 13.8. The van der Waals surface area contributed by atoms with Gasteiger partial charge in [0.1, 0.15) is 5.54 Å². The predicted octanol–water partition coefficient (Wildman–Crippen LogP) is 1.65. The third-order valence-electron chi connectivity index (χ3n) is 2.20. The van der Waals surface area contributed by atoms with Gasteiger partial charge in [-0.1, -0.05) is 0 Å². The van der Waals surface area contributed by atoms with Crippen molar-refractivity contribution in [1.29, 1.82) is 5.26 Å². The minimum absolute atomic E-state index is 0.359. The molecule has 4 heteroatoms. The van der Waals surface area contributed by atoms with E-state index in [-0.39, 0.29) is 5.54 Å². The van der Waals surface area contributed by atoms with E-state index in [1.807, 2.05) is 25.7 Å². The molecule has 0 rings (SSSR count). The number of thioether (sulfide) groups is 1. The van der Waals surface area contributed by atoms with Gasteiger partial charge in [-0.05, 0) is 32.6 Å². The molecule has 0 aliphatic rings. The molecule has 0 aliphatic carbocycles. The number of nitrogens with one attached hydrogen (secondary N) is 1. The molecule has 0 spiro atoms. The average Bonchev–Trinajstić information content (AvgIpc) is 2.23. The highest BCUT2D eigenvalue weighted by Gasteiger charge is 2.19. The summed E-state index contributed by atoms with van der Waals surface area (Å²) in [6, 6.07) is 2.29. The summed E-state index contributed by atoms with van der Waals surface area (Å²) >= 11 is 1.88. The molecule has 0 heterocycles. The lowest BCUT2D eigenvalue weighted by Crippen LogP contribution is -2.37. The highest BCUT2D eigenvalue weighted by molar-refractivity contribution is 7.99. The Kier molecular flexibility index (Phi) is 7.96. The molecule has 1 unspecified atom stereocenters. The van der Waals surface area contributed by atoms with Crippen LogP contribution in [0.2, 0.25) is 0 Å². The van der Waals surface area contributed by atoms with Crippen LogP contribution in [0.3, 0.4) is 0 Å². The molecule has 0 aromatic heterocycles. The largest absolute Gasteiger partial charge is 0.384 e. The number of rotatable bonds is 8. The van der Waals surface area contributed by atoms with Crippen LogP contribution in [0.5, 0.6) is 0 Å². The van der Waals surface area contributed by atoms with Crippen LogP contribution in [0, 0.1) is 11.3 Å². The first-order chi connectivity index (χ1) is 6.68. The first-order valence-electron chi connectivity index (χ1n) is 4.85. The molecule has 3 nitrogen and oxygen atoms in total. The summed E-state index contributed by atoms with van der Waals surface area (Å²) < 4.78 is 4.95. The van der Waals surface area contributed by atoms with E-state index in [2.05, 4.69) is 11.4 Å². The van der Waals surface area contributed by atoms with E-state index in [1.165, 1.54) is 0 Å². The fourth-order valence-corrected chi connectivity index (χ4v) is 1.85. The van der Waals surface area contributed by atoms with Crippen LogP contribution in [0.1, 0.15) is 19.8 Å². The zero-order valence-electron chi connectivity index (χ0n) is 9.30. The normalized spacial score (nSPS) is 14.7. The van der Waals surface area contributed by atoms with Crippen LogP contribution in [0.4, 0.5) is 0 Å². The standard InChI is InChI=1S/C10H20N2OS/c1-10(9-11,12-2)5-4-7-14-8-6-13-3/h12H,4-8H2,1-3H3. The first-order valence-corrected chi connectivity index (χ1v) is 6.01. The zero-order chi connectivity index (χ0) is 10.9. The lowest BCUT2D eigenvalue weighted by atomic mass is 9.99. The molecule has 14 heavy (non-hydrogen) atoms. The Bertz CT molecular complexity index is 181. The van der Waals surface area contributed by atoms with Gasteiger partial charge in [-0.3, -0.25) is 0 Å². The molecule has 0 bridgehead atoms. The highest BCUT2D eigenvalue weighted by Crippen LogP contribution is 2.13. The lowest BCUT2D eigenvalue weighted by Gasteiger charge is -2.20. The molecule has 0 saturated heterocycles. The Hall–Kier alpha value is -0.240. The zero-order valence-corrected chi connectivity index (χ0v) is 10.1. The maximum absolute atomic E-state index is 8.89. The summed E-state index contributed by atoms with van der Waals surface area (Å²) in [5.74, 6) is 2.14. The summed E-state index contributed by atoms with van der Waals surface area (Å²) in [5.41, 5.74) is -0.359. The van der Waals surface area contributed by atoms with Gasteiger partial charge < -0.3 is 10.1 Å². The summed E-state index contributed by atoms with van der Waals surface area (Å²) in [6.45, 7) is 2.75. The van der Waals surface area contributed by atoms with E-state index in [0.717, 1.165) is 31.0 Å². The highest BCUT2D eigenvalue weighted by atomic mass is 32.2. The Labute approximate surface area is 91.2 Å². The van der Waals surface area contributed by atoms with Crippen molar-refractivity contribution < 1.29 is 4.74 Å². The van der Waals surface area contributed by atoms with Crippen LogP contribution in [0.25, 0.3) is 0 Å². The molecule has 0 amide bonds. The second kappa shape index (κ2) is 8.10. The average molecular weight is 216 g/mol. The van der Waals surface area contributed by atoms with Crippen molar-refractivity contribution in [3.8, 4) is 6.07 Å². The molecule has 0 aliphatic heterocycles. The molecule has 0 saturated carbocycles. The molecule has 82 valence electrons. The number of ether oxygens (including phenoxy) is 1. The number of hydrogen-bond donors (Lipinski definition) is 1. The van der Waals surface area contributed by atoms with E-state index < -0.39 is 0 Å². The molecule has 1 N–H and O–H groups in total. The van der Waals surface area contributed by atoms with Gasteiger partial charge in [-0.15, -0.1) is 0 Å². The summed E-state index contributed by atoms with van der Waals surface area (Å²) in [7, 11) is 3.55. The van der Waals surface area contributed by atoms with Crippen LogP contribution >= 0.6 is 11.8 Å². The predicted molar refractivity (Wildman–Crippen MR) is 61.5 cm³/mol. The minimum Gasteiger partial charge on any atom is -0.384 e. The maximum Gasteiger partial charge on any atom is 0.103 e. The molecular formula is C10H20N2OS. The van der Waals surface area contributed by atoms with Crippen molar-refractivity contribution in [2.75, 3.05) is 32.3 Å². The summed E-state index contributed by atoms with van der Waals surface area (Å²) in [4.78, 5) is 0. The third kappa shape index (κ3) is 6.25. The van der Waals surface area contributed by atoms with Crippen molar-refractivity contribution in [3.05, 3.63) is 0 Å². The molecule has 0 aromatic rings. The second-order valence-corrected chi connectivity index (χ2v) is 4.63. The van der Waals surface area contributed by atoms with E-state index >= 15 is 0 Å². The maximum atomic E-state index is 8.89. The lowest BCUT2D eigenvalue weighted by molar-refractivity contribution is 0.218. The van der Waals surface area contributed by atoms with Crippen molar-refractivity contribution >= 4 is 11.8 Å². The topological polar surface area (TPSA) is 45.0 Å². The van der Waals surface area contributed by atoms with E-state index in [9.17, 15) is 0 Å². The monoisotopic (exact) mass is 216 g/mol. The van der Waals surface area contributed by atoms with Crippen LogP contribution in [0.15, 0.2) is 0 Å². The molecule has 1 atom stereocenters. The van der Waals surface area contributed by atoms with Crippen molar-refractivity contribution in [3.63, 3.8) is 0 Å². The quantitative estimate of drug-likeness (QED) is 0.627. The van der Waals surface area contributed by atoms with Gasteiger partial charge in [0.25, 0.3) is 0 Å².